The predicted molar refractivity (Wildman–Crippen MR) is 98.5 cm³/mol. The SMILES string of the molecule is CCc1cc2c(c([C@@H]3CCCN3)c1)CCN(C(=O)C1CCOCC1)C2. The van der Waals surface area contributed by atoms with Gasteiger partial charge in [0.15, 0.2) is 0 Å². The Morgan fingerprint density at radius 2 is 2.12 bits per heavy atom. The van der Waals surface area contributed by atoms with Gasteiger partial charge < -0.3 is 15.0 Å². The molecule has 1 atom stereocenters. The number of ether oxygens (including phenoxy) is 1. The summed E-state index contributed by atoms with van der Waals surface area (Å²) < 4.78 is 5.42. The number of hydrogen-bond donors (Lipinski definition) is 1. The summed E-state index contributed by atoms with van der Waals surface area (Å²) in [6.45, 7) is 6.48. The Labute approximate surface area is 150 Å². The van der Waals surface area contributed by atoms with Crippen LogP contribution >= 0.6 is 0 Å². The lowest BCUT2D eigenvalue weighted by molar-refractivity contribution is -0.139. The number of benzene rings is 1. The van der Waals surface area contributed by atoms with Crippen molar-refractivity contribution in [3.63, 3.8) is 0 Å². The zero-order chi connectivity index (χ0) is 17.2. The Hall–Kier alpha value is -1.39. The molecule has 0 radical (unpaired) electrons. The lowest BCUT2D eigenvalue weighted by Gasteiger charge is -2.35. The lowest BCUT2D eigenvalue weighted by Crippen LogP contribution is -2.41. The first-order chi connectivity index (χ1) is 12.3. The van der Waals surface area contributed by atoms with Crippen molar-refractivity contribution in [2.75, 3.05) is 26.3 Å². The second-order valence-electron chi connectivity index (χ2n) is 7.72. The number of amides is 1. The summed E-state index contributed by atoms with van der Waals surface area (Å²) >= 11 is 0. The fourth-order valence-electron chi connectivity index (χ4n) is 4.66. The Bertz CT molecular complexity index is 631. The van der Waals surface area contributed by atoms with Crippen LogP contribution in [-0.2, 0) is 28.9 Å². The number of carbonyl (C=O) groups excluding carboxylic acids is 1. The van der Waals surface area contributed by atoms with Gasteiger partial charge in [-0.05, 0) is 67.3 Å². The van der Waals surface area contributed by atoms with Gasteiger partial charge >= 0.3 is 0 Å². The smallest absolute Gasteiger partial charge is 0.226 e. The van der Waals surface area contributed by atoms with E-state index in [4.69, 9.17) is 4.74 Å². The molecule has 0 unspecified atom stereocenters. The molecule has 4 nitrogen and oxygen atoms in total. The van der Waals surface area contributed by atoms with Crippen molar-refractivity contribution >= 4 is 5.91 Å². The van der Waals surface area contributed by atoms with Gasteiger partial charge in [0, 0.05) is 38.3 Å². The van der Waals surface area contributed by atoms with Gasteiger partial charge in [0.1, 0.15) is 0 Å². The van der Waals surface area contributed by atoms with Gasteiger partial charge in [0.25, 0.3) is 0 Å². The highest BCUT2D eigenvalue weighted by Crippen LogP contribution is 2.33. The molecule has 1 amide bonds. The molecule has 1 aromatic rings. The average molecular weight is 342 g/mol. The number of nitrogens with one attached hydrogen (secondary N) is 1. The highest BCUT2D eigenvalue weighted by atomic mass is 16.5. The molecule has 0 saturated carbocycles. The molecular formula is C21H30N2O2. The van der Waals surface area contributed by atoms with Crippen LogP contribution in [-0.4, -0.2) is 37.1 Å². The van der Waals surface area contributed by atoms with E-state index in [-0.39, 0.29) is 5.92 Å². The molecule has 4 rings (SSSR count). The van der Waals surface area contributed by atoms with Crippen LogP contribution in [0, 0.1) is 5.92 Å². The largest absolute Gasteiger partial charge is 0.381 e. The molecule has 3 heterocycles. The number of fused-ring (bicyclic) bond motifs is 1. The quantitative estimate of drug-likeness (QED) is 0.918. The highest BCUT2D eigenvalue weighted by molar-refractivity contribution is 5.79. The second kappa shape index (κ2) is 7.46. The first kappa shape index (κ1) is 17.0. The molecule has 0 aliphatic carbocycles. The Balaban J connectivity index is 1.57. The molecule has 0 bridgehead atoms. The zero-order valence-corrected chi connectivity index (χ0v) is 15.4. The molecule has 2 fully saturated rings. The minimum atomic E-state index is 0.167. The Morgan fingerprint density at radius 3 is 2.84 bits per heavy atom. The molecule has 3 aliphatic heterocycles. The van der Waals surface area contributed by atoms with Crippen LogP contribution in [0.2, 0.25) is 0 Å². The van der Waals surface area contributed by atoms with Crippen LogP contribution in [0.25, 0.3) is 0 Å². The van der Waals surface area contributed by atoms with E-state index in [1.165, 1.54) is 35.1 Å². The van der Waals surface area contributed by atoms with Gasteiger partial charge in [-0.3, -0.25) is 4.79 Å². The Morgan fingerprint density at radius 1 is 1.28 bits per heavy atom. The van der Waals surface area contributed by atoms with Gasteiger partial charge in [0.2, 0.25) is 5.91 Å². The zero-order valence-electron chi connectivity index (χ0n) is 15.4. The van der Waals surface area contributed by atoms with Crippen LogP contribution < -0.4 is 5.32 Å². The number of carbonyl (C=O) groups is 1. The molecule has 1 aromatic carbocycles. The third-order valence-electron chi connectivity index (χ3n) is 6.16. The van der Waals surface area contributed by atoms with Crippen molar-refractivity contribution < 1.29 is 9.53 Å². The van der Waals surface area contributed by atoms with E-state index >= 15 is 0 Å². The summed E-state index contributed by atoms with van der Waals surface area (Å²) in [7, 11) is 0. The maximum atomic E-state index is 12.9. The lowest BCUT2D eigenvalue weighted by atomic mass is 9.87. The van der Waals surface area contributed by atoms with Gasteiger partial charge in [0.05, 0.1) is 0 Å². The summed E-state index contributed by atoms with van der Waals surface area (Å²) in [5.41, 5.74) is 5.80. The minimum Gasteiger partial charge on any atom is -0.381 e. The second-order valence-corrected chi connectivity index (χ2v) is 7.72. The minimum absolute atomic E-state index is 0.167. The Kier molecular flexibility index (Phi) is 5.09. The van der Waals surface area contributed by atoms with Crippen LogP contribution in [0.1, 0.15) is 60.9 Å². The first-order valence-corrected chi connectivity index (χ1v) is 10.0. The summed E-state index contributed by atoms with van der Waals surface area (Å²) in [6, 6.07) is 5.27. The van der Waals surface area contributed by atoms with Crippen molar-refractivity contribution in [1.29, 1.82) is 0 Å². The monoisotopic (exact) mass is 342 g/mol. The van der Waals surface area contributed by atoms with Crippen molar-refractivity contribution in [2.45, 2.75) is 58.0 Å². The van der Waals surface area contributed by atoms with Gasteiger partial charge in [-0.25, -0.2) is 0 Å². The van der Waals surface area contributed by atoms with E-state index in [2.05, 4.69) is 29.3 Å². The third kappa shape index (κ3) is 3.47. The number of nitrogens with zero attached hydrogens (tertiary/aromatic N) is 1. The summed E-state index contributed by atoms with van der Waals surface area (Å²) in [6.07, 6.45) is 6.33. The number of aryl methyl sites for hydroxylation is 1. The number of rotatable bonds is 3. The van der Waals surface area contributed by atoms with Crippen LogP contribution in [0.4, 0.5) is 0 Å². The van der Waals surface area contributed by atoms with E-state index in [0.29, 0.717) is 11.9 Å². The fourth-order valence-corrected chi connectivity index (χ4v) is 4.66. The van der Waals surface area contributed by atoms with E-state index in [9.17, 15) is 4.79 Å². The normalized spacial score (nSPS) is 24.4. The van der Waals surface area contributed by atoms with Crippen molar-refractivity contribution in [1.82, 2.24) is 10.2 Å². The molecule has 1 N–H and O–H groups in total. The third-order valence-corrected chi connectivity index (χ3v) is 6.16. The van der Waals surface area contributed by atoms with Gasteiger partial charge in [-0.15, -0.1) is 0 Å². The number of hydrogen-bond acceptors (Lipinski definition) is 3. The van der Waals surface area contributed by atoms with Crippen molar-refractivity contribution in [3.8, 4) is 0 Å². The van der Waals surface area contributed by atoms with Gasteiger partial charge in [-0.2, -0.15) is 0 Å². The van der Waals surface area contributed by atoms with Crippen LogP contribution in [0.15, 0.2) is 12.1 Å². The molecule has 3 aliphatic rings. The van der Waals surface area contributed by atoms with E-state index in [1.54, 1.807) is 0 Å². The topological polar surface area (TPSA) is 41.6 Å². The summed E-state index contributed by atoms with van der Waals surface area (Å²) in [4.78, 5) is 15.0. The standard InChI is InChI=1S/C21H30N2O2/c1-2-15-12-17-14-23(21(24)16-6-10-25-11-7-16)9-5-18(17)19(13-15)20-4-3-8-22-20/h12-13,16,20,22H,2-11,14H2,1H3/t20-/m0/s1. The van der Waals surface area contributed by atoms with E-state index in [1.807, 2.05) is 0 Å². The van der Waals surface area contributed by atoms with E-state index < -0.39 is 0 Å². The van der Waals surface area contributed by atoms with Gasteiger partial charge in [-0.1, -0.05) is 19.1 Å². The van der Waals surface area contributed by atoms with Crippen LogP contribution in [0.3, 0.4) is 0 Å². The highest BCUT2D eigenvalue weighted by Gasteiger charge is 2.31. The van der Waals surface area contributed by atoms with Crippen molar-refractivity contribution in [2.24, 2.45) is 5.92 Å². The molecular weight excluding hydrogens is 312 g/mol. The van der Waals surface area contributed by atoms with Crippen LogP contribution in [0.5, 0.6) is 0 Å². The molecule has 25 heavy (non-hydrogen) atoms. The summed E-state index contributed by atoms with van der Waals surface area (Å²) in [5.74, 6) is 0.511. The molecule has 0 spiro atoms. The van der Waals surface area contributed by atoms with E-state index in [0.717, 1.165) is 58.5 Å². The predicted octanol–water partition coefficient (Wildman–Crippen LogP) is 2.98. The molecule has 136 valence electrons. The average Bonchev–Trinajstić information content (AvgIpc) is 3.21. The first-order valence-electron chi connectivity index (χ1n) is 10.0. The molecule has 2 saturated heterocycles. The maximum Gasteiger partial charge on any atom is 0.226 e. The fraction of sp³-hybridized carbons (Fsp3) is 0.667. The maximum absolute atomic E-state index is 12.9. The summed E-state index contributed by atoms with van der Waals surface area (Å²) in [5, 5.41) is 3.67. The van der Waals surface area contributed by atoms with Crippen molar-refractivity contribution in [3.05, 3.63) is 34.4 Å². The molecule has 0 aromatic heterocycles. The molecule has 4 heteroatoms.